The minimum atomic E-state index is -4.61. The van der Waals surface area contributed by atoms with Gasteiger partial charge in [-0.1, -0.05) is 50.2 Å². The number of benzene rings is 2. The highest BCUT2D eigenvalue weighted by molar-refractivity contribution is 5.82. The van der Waals surface area contributed by atoms with Gasteiger partial charge in [-0.2, -0.15) is 18.4 Å². The molecular formula is C23H26F3N3O2. The van der Waals surface area contributed by atoms with Gasteiger partial charge in [-0.05, 0) is 41.2 Å². The molecule has 2 aromatic carbocycles. The second-order valence-electron chi connectivity index (χ2n) is 7.55. The first kappa shape index (κ1) is 24.2. The predicted molar refractivity (Wildman–Crippen MR) is 112 cm³/mol. The maximum Gasteiger partial charge on any atom is 0.407 e. The Hall–Kier alpha value is -3.05. The van der Waals surface area contributed by atoms with E-state index in [1.54, 1.807) is 43.5 Å². The Balaban J connectivity index is 2.30. The second-order valence-corrected chi connectivity index (χ2v) is 7.55. The highest BCUT2D eigenvalue weighted by Gasteiger charge is 2.42. The molecule has 0 radical (unpaired) electrons. The van der Waals surface area contributed by atoms with Gasteiger partial charge in [-0.15, -0.1) is 0 Å². The fourth-order valence-corrected chi connectivity index (χ4v) is 3.22. The number of amides is 1. The van der Waals surface area contributed by atoms with E-state index in [2.05, 4.69) is 10.6 Å². The molecule has 166 valence electrons. The fraction of sp³-hybridized carbons (Fsp3) is 0.391. The first-order valence-corrected chi connectivity index (χ1v) is 9.87. The molecule has 31 heavy (non-hydrogen) atoms. The lowest BCUT2D eigenvalue weighted by Crippen LogP contribution is -2.49. The minimum Gasteiger partial charge on any atom is -0.497 e. The molecule has 5 nitrogen and oxygen atoms in total. The third kappa shape index (κ3) is 7.00. The van der Waals surface area contributed by atoms with Crippen molar-refractivity contribution in [1.82, 2.24) is 10.6 Å². The van der Waals surface area contributed by atoms with Gasteiger partial charge < -0.3 is 10.1 Å². The Morgan fingerprint density at radius 3 is 2.35 bits per heavy atom. The van der Waals surface area contributed by atoms with Gasteiger partial charge in [0.1, 0.15) is 18.3 Å². The highest BCUT2D eigenvalue weighted by atomic mass is 19.4. The van der Waals surface area contributed by atoms with Crippen molar-refractivity contribution in [2.45, 2.75) is 38.5 Å². The maximum absolute atomic E-state index is 13.9. The zero-order chi connectivity index (χ0) is 23.0. The number of alkyl halides is 3. The molecule has 8 heteroatoms. The molecule has 0 aliphatic carbocycles. The normalized spacial score (nSPS) is 13.4. The average molecular weight is 433 g/mol. The molecule has 0 saturated carbocycles. The average Bonchev–Trinajstić information content (AvgIpc) is 2.74. The summed E-state index contributed by atoms with van der Waals surface area (Å²) >= 11 is 0. The molecule has 0 unspecified atom stereocenters. The van der Waals surface area contributed by atoms with Crippen LogP contribution in [0.15, 0.2) is 48.5 Å². The summed E-state index contributed by atoms with van der Waals surface area (Å²) in [5.74, 6) is 0.00322. The van der Waals surface area contributed by atoms with Crippen molar-refractivity contribution in [2.24, 2.45) is 5.92 Å². The monoisotopic (exact) mass is 433 g/mol. The zero-order valence-corrected chi connectivity index (χ0v) is 17.7. The van der Waals surface area contributed by atoms with Crippen molar-refractivity contribution in [1.29, 1.82) is 5.26 Å². The van der Waals surface area contributed by atoms with Gasteiger partial charge in [-0.3, -0.25) is 10.1 Å². The Morgan fingerprint density at radius 2 is 1.81 bits per heavy atom. The largest absolute Gasteiger partial charge is 0.497 e. The lowest BCUT2D eigenvalue weighted by molar-refractivity contribution is -0.161. The Labute approximate surface area is 180 Å². The SMILES string of the molecule is COc1cccc(-c2ccc([C@H](N[C@@H](CC(C)C)C(=O)NCC#N)C(F)(F)F)cc2)c1. The first-order chi connectivity index (χ1) is 14.7. The summed E-state index contributed by atoms with van der Waals surface area (Å²) < 4.78 is 46.8. The van der Waals surface area contributed by atoms with Gasteiger partial charge in [0.15, 0.2) is 0 Å². The molecule has 2 atom stereocenters. The fourth-order valence-electron chi connectivity index (χ4n) is 3.22. The standard InChI is InChI=1S/C23H26F3N3O2/c1-15(2)13-20(22(30)28-12-11-27)29-21(23(24,25)26)17-9-7-16(8-10-17)18-5-4-6-19(14-18)31-3/h4-10,14-15,20-21,29H,12-13H2,1-3H3,(H,28,30)/t20-,21-/m0/s1. The number of nitrogens with one attached hydrogen (secondary N) is 2. The maximum atomic E-state index is 13.9. The second kappa shape index (κ2) is 10.8. The Morgan fingerprint density at radius 1 is 1.13 bits per heavy atom. The number of hydrogen-bond donors (Lipinski definition) is 2. The molecule has 0 spiro atoms. The van der Waals surface area contributed by atoms with Crippen LogP contribution in [0.25, 0.3) is 11.1 Å². The van der Waals surface area contributed by atoms with E-state index in [1.807, 2.05) is 19.9 Å². The van der Waals surface area contributed by atoms with Crippen LogP contribution in [-0.4, -0.2) is 31.8 Å². The molecule has 2 aromatic rings. The number of hydrogen-bond acceptors (Lipinski definition) is 4. The van der Waals surface area contributed by atoms with Gasteiger partial charge >= 0.3 is 6.18 Å². The van der Waals surface area contributed by atoms with Crippen LogP contribution in [0, 0.1) is 17.2 Å². The molecule has 0 aromatic heterocycles. The Kier molecular flexibility index (Phi) is 8.46. The summed E-state index contributed by atoms with van der Waals surface area (Å²) in [6, 6.07) is 11.9. The van der Waals surface area contributed by atoms with Crippen LogP contribution >= 0.6 is 0 Å². The van der Waals surface area contributed by atoms with Crippen LogP contribution in [0.5, 0.6) is 5.75 Å². The molecule has 0 aliphatic rings. The number of nitrogens with zero attached hydrogens (tertiary/aromatic N) is 1. The van der Waals surface area contributed by atoms with E-state index in [1.165, 1.54) is 12.1 Å². The molecule has 2 rings (SSSR count). The summed E-state index contributed by atoms with van der Waals surface area (Å²) in [6.07, 6.45) is -4.41. The van der Waals surface area contributed by atoms with Crippen LogP contribution in [-0.2, 0) is 4.79 Å². The zero-order valence-electron chi connectivity index (χ0n) is 17.7. The van der Waals surface area contributed by atoms with E-state index in [-0.39, 0.29) is 24.4 Å². The predicted octanol–water partition coefficient (Wildman–Crippen LogP) is 4.61. The number of halogens is 3. The van der Waals surface area contributed by atoms with E-state index < -0.39 is 24.2 Å². The first-order valence-electron chi connectivity index (χ1n) is 9.87. The van der Waals surface area contributed by atoms with E-state index in [0.29, 0.717) is 5.75 Å². The van der Waals surface area contributed by atoms with E-state index >= 15 is 0 Å². The van der Waals surface area contributed by atoms with E-state index in [4.69, 9.17) is 10.00 Å². The van der Waals surface area contributed by atoms with E-state index in [9.17, 15) is 18.0 Å². The van der Waals surface area contributed by atoms with Gasteiger partial charge in [0.25, 0.3) is 0 Å². The number of ether oxygens (including phenoxy) is 1. The molecule has 1 amide bonds. The number of rotatable bonds is 9. The molecule has 0 aliphatic heterocycles. The molecule has 0 fully saturated rings. The summed E-state index contributed by atoms with van der Waals surface area (Å²) in [6.45, 7) is 3.37. The van der Waals surface area contributed by atoms with Crippen molar-refractivity contribution in [3.05, 3.63) is 54.1 Å². The summed E-state index contributed by atoms with van der Waals surface area (Å²) in [7, 11) is 1.54. The molecule has 0 bridgehead atoms. The van der Waals surface area contributed by atoms with Crippen LogP contribution in [0.2, 0.25) is 0 Å². The van der Waals surface area contributed by atoms with Gasteiger partial charge in [0, 0.05) is 0 Å². The Bertz CT molecular complexity index is 906. The molecule has 0 heterocycles. The van der Waals surface area contributed by atoms with Gasteiger partial charge in [0.2, 0.25) is 5.91 Å². The topological polar surface area (TPSA) is 74.2 Å². The van der Waals surface area contributed by atoms with Crippen LogP contribution in [0.1, 0.15) is 31.9 Å². The summed E-state index contributed by atoms with van der Waals surface area (Å²) in [4.78, 5) is 12.3. The molecule has 2 N–H and O–H groups in total. The lowest BCUT2D eigenvalue weighted by Gasteiger charge is -2.28. The van der Waals surface area contributed by atoms with Crippen LogP contribution in [0.3, 0.4) is 0 Å². The van der Waals surface area contributed by atoms with Crippen LogP contribution in [0.4, 0.5) is 13.2 Å². The molecule has 0 saturated heterocycles. The quantitative estimate of drug-likeness (QED) is 0.567. The third-order valence-electron chi connectivity index (χ3n) is 4.71. The van der Waals surface area contributed by atoms with Crippen molar-refractivity contribution in [3.63, 3.8) is 0 Å². The van der Waals surface area contributed by atoms with Crippen molar-refractivity contribution >= 4 is 5.91 Å². The van der Waals surface area contributed by atoms with Crippen molar-refractivity contribution in [2.75, 3.05) is 13.7 Å². The number of nitriles is 1. The van der Waals surface area contributed by atoms with Gasteiger partial charge in [-0.25, -0.2) is 0 Å². The number of carbonyl (C=O) groups is 1. The van der Waals surface area contributed by atoms with Gasteiger partial charge in [0.05, 0.1) is 19.2 Å². The van der Waals surface area contributed by atoms with Crippen molar-refractivity contribution < 1.29 is 22.7 Å². The lowest BCUT2D eigenvalue weighted by atomic mass is 9.97. The minimum absolute atomic E-state index is 0.000912. The number of methoxy groups -OCH3 is 1. The smallest absolute Gasteiger partial charge is 0.407 e. The highest BCUT2D eigenvalue weighted by Crippen LogP contribution is 2.35. The number of carbonyl (C=O) groups excluding carboxylic acids is 1. The van der Waals surface area contributed by atoms with Crippen molar-refractivity contribution in [3.8, 4) is 22.9 Å². The third-order valence-corrected chi connectivity index (χ3v) is 4.71. The van der Waals surface area contributed by atoms with Crippen LogP contribution < -0.4 is 15.4 Å². The van der Waals surface area contributed by atoms with E-state index in [0.717, 1.165) is 11.1 Å². The molecular weight excluding hydrogens is 407 g/mol. The summed E-state index contributed by atoms with van der Waals surface area (Å²) in [5.41, 5.74) is 1.56. The summed E-state index contributed by atoms with van der Waals surface area (Å²) in [5, 5.41) is 13.5.